The summed E-state index contributed by atoms with van der Waals surface area (Å²) in [6.07, 6.45) is 0. The molecular formula is C24H33ClN6O4S. The number of morpholine rings is 2. The summed E-state index contributed by atoms with van der Waals surface area (Å²) in [4.78, 5) is 38.6. The molecule has 3 aliphatic rings. The molecule has 0 bridgehead atoms. The van der Waals surface area contributed by atoms with E-state index in [1.165, 1.54) is 11.3 Å². The van der Waals surface area contributed by atoms with E-state index in [-0.39, 0.29) is 24.2 Å². The first-order valence-electron chi connectivity index (χ1n) is 12.2. The van der Waals surface area contributed by atoms with Crippen molar-refractivity contribution in [2.75, 3.05) is 100 Å². The molecule has 2 aromatic rings. The van der Waals surface area contributed by atoms with Crippen molar-refractivity contribution in [3.63, 3.8) is 0 Å². The number of benzene rings is 1. The van der Waals surface area contributed by atoms with E-state index in [0.29, 0.717) is 51.8 Å². The maximum absolute atomic E-state index is 13.0. The summed E-state index contributed by atoms with van der Waals surface area (Å²) in [5, 5.41) is 5.73. The maximum Gasteiger partial charge on any atom is 0.275 e. The van der Waals surface area contributed by atoms with E-state index in [4.69, 9.17) is 9.47 Å². The summed E-state index contributed by atoms with van der Waals surface area (Å²) in [7, 11) is 0. The number of para-hydroxylation sites is 2. The zero-order valence-electron chi connectivity index (χ0n) is 20.3. The molecule has 1 aromatic heterocycles. The van der Waals surface area contributed by atoms with Crippen molar-refractivity contribution in [2.24, 2.45) is 0 Å². The minimum absolute atomic E-state index is 0. The predicted molar refractivity (Wildman–Crippen MR) is 143 cm³/mol. The Balaban J connectivity index is 0.00000304. The van der Waals surface area contributed by atoms with Gasteiger partial charge in [0, 0.05) is 57.7 Å². The summed E-state index contributed by atoms with van der Waals surface area (Å²) >= 11 is 1.49. The number of thiazole rings is 1. The fourth-order valence-corrected chi connectivity index (χ4v) is 5.42. The predicted octanol–water partition coefficient (Wildman–Crippen LogP) is 1.63. The van der Waals surface area contributed by atoms with Gasteiger partial charge < -0.3 is 29.5 Å². The van der Waals surface area contributed by atoms with Crippen LogP contribution in [-0.4, -0.2) is 112 Å². The highest BCUT2D eigenvalue weighted by Crippen LogP contribution is 2.28. The SMILES string of the molecule is Cl.O=C(Nc1ccccc1N1CCN(CC(=O)N2CCOCC2)CC1)c1csc(N2CCOCC2)n1. The third-order valence-electron chi connectivity index (χ3n) is 6.59. The lowest BCUT2D eigenvalue weighted by Crippen LogP contribution is -2.51. The molecule has 0 atom stereocenters. The van der Waals surface area contributed by atoms with E-state index in [9.17, 15) is 9.59 Å². The molecular weight excluding hydrogens is 504 g/mol. The van der Waals surface area contributed by atoms with Crippen LogP contribution in [0.1, 0.15) is 10.5 Å². The average Bonchev–Trinajstić information content (AvgIpc) is 3.41. The molecule has 5 rings (SSSR count). The molecule has 0 unspecified atom stereocenters. The highest BCUT2D eigenvalue weighted by molar-refractivity contribution is 7.14. The van der Waals surface area contributed by atoms with Crippen LogP contribution in [0.3, 0.4) is 0 Å². The van der Waals surface area contributed by atoms with Crippen LogP contribution in [0, 0.1) is 0 Å². The molecule has 4 heterocycles. The summed E-state index contributed by atoms with van der Waals surface area (Å²) in [5.41, 5.74) is 2.19. The van der Waals surface area contributed by atoms with Crippen molar-refractivity contribution >= 4 is 52.1 Å². The minimum atomic E-state index is -0.206. The van der Waals surface area contributed by atoms with Gasteiger partial charge in [0.05, 0.1) is 44.3 Å². The lowest BCUT2D eigenvalue weighted by atomic mass is 10.2. The third kappa shape index (κ3) is 6.46. The Labute approximate surface area is 221 Å². The largest absolute Gasteiger partial charge is 0.378 e. The van der Waals surface area contributed by atoms with Gasteiger partial charge in [-0.2, -0.15) is 0 Å². The van der Waals surface area contributed by atoms with Gasteiger partial charge in [0.1, 0.15) is 5.69 Å². The summed E-state index contributed by atoms with van der Waals surface area (Å²) in [6.45, 7) is 9.19. The average molecular weight is 537 g/mol. The molecule has 3 aliphatic heterocycles. The minimum Gasteiger partial charge on any atom is -0.378 e. The van der Waals surface area contributed by atoms with Crippen LogP contribution < -0.4 is 15.1 Å². The molecule has 3 fully saturated rings. The number of nitrogens with one attached hydrogen (secondary N) is 1. The molecule has 3 saturated heterocycles. The quantitative estimate of drug-likeness (QED) is 0.596. The molecule has 0 spiro atoms. The summed E-state index contributed by atoms with van der Waals surface area (Å²) in [6, 6.07) is 7.87. The van der Waals surface area contributed by atoms with Crippen LogP contribution in [0.25, 0.3) is 0 Å². The standard InChI is InChI=1S/C24H32N6O4S.ClH/c31-22(29-9-13-33-14-10-29)17-27-5-7-28(8-6-27)21-4-2-1-3-19(21)25-23(32)20-18-35-24(26-20)30-11-15-34-16-12-30;/h1-4,18H,5-17H2,(H,25,32);1H. The molecule has 1 aromatic carbocycles. The number of aromatic nitrogens is 1. The van der Waals surface area contributed by atoms with Gasteiger partial charge in [0.2, 0.25) is 5.91 Å². The van der Waals surface area contributed by atoms with Crippen molar-refractivity contribution in [1.29, 1.82) is 0 Å². The molecule has 12 heteroatoms. The Kier molecular flexibility index (Phi) is 9.38. The number of anilines is 3. The fourth-order valence-electron chi connectivity index (χ4n) is 4.56. The van der Waals surface area contributed by atoms with E-state index in [1.807, 2.05) is 34.5 Å². The van der Waals surface area contributed by atoms with Crippen LogP contribution >= 0.6 is 23.7 Å². The van der Waals surface area contributed by atoms with Crippen molar-refractivity contribution in [3.8, 4) is 0 Å². The topological polar surface area (TPSA) is 90.5 Å². The van der Waals surface area contributed by atoms with Gasteiger partial charge in [-0.1, -0.05) is 12.1 Å². The second kappa shape index (κ2) is 12.7. The second-order valence-electron chi connectivity index (χ2n) is 8.84. The normalized spacial score (nSPS) is 19.1. The number of hydrogen-bond acceptors (Lipinski definition) is 9. The zero-order valence-corrected chi connectivity index (χ0v) is 21.9. The van der Waals surface area contributed by atoms with Crippen molar-refractivity contribution in [2.45, 2.75) is 0 Å². The molecule has 0 saturated carbocycles. The number of carbonyl (C=O) groups is 2. The monoisotopic (exact) mass is 536 g/mol. The fraction of sp³-hybridized carbons (Fsp3) is 0.542. The smallest absolute Gasteiger partial charge is 0.275 e. The Morgan fingerprint density at radius 3 is 2.28 bits per heavy atom. The Hall–Kier alpha value is -2.44. The molecule has 10 nitrogen and oxygen atoms in total. The van der Waals surface area contributed by atoms with Gasteiger partial charge in [-0.25, -0.2) is 4.98 Å². The van der Waals surface area contributed by atoms with Crippen LogP contribution in [-0.2, 0) is 14.3 Å². The number of nitrogens with zero attached hydrogens (tertiary/aromatic N) is 5. The number of carbonyl (C=O) groups excluding carboxylic acids is 2. The molecule has 196 valence electrons. The van der Waals surface area contributed by atoms with Gasteiger partial charge in [-0.05, 0) is 12.1 Å². The highest BCUT2D eigenvalue weighted by Gasteiger charge is 2.25. The van der Waals surface area contributed by atoms with Crippen molar-refractivity contribution in [1.82, 2.24) is 14.8 Å². The van der Waals surface area contributed by atoms with Gasteiger partial charge >= 0.3 is 0 Å². The van der Waals surface area contributed by atoms with E-state index in [0.717, 1.165) is 55.8 Å². The first kappa shape index (κ1) is 26.6. The zero-order chi connectivity index (χ0) is 24.0. The number of ether oxygens (including phenoxy) is 2. The van der Waals surface area contributed by atoms with Crippen LogP contribution in [0.15, 0.2) is 29.6 Å². The summed E-state index contributed by atoms with van der Waals surface area (Å²) < 4.78 is 10.7. The third-order valence-corrected chi connectivity index (χ3v) is 7.50. The van der Waals surface area contributed by atoms with Gasteiger partial charge in [0.15, 0.2) is 5.13 Å². The number of halogens is 1. The molecule has 0 radical (unpaired) electrons. The first-order valence-corrected chi connectivity index (χ1v) is 13.1. The molecule has 2 amide bonds. The molecule has 36 heavy (non-hydrogen) atoms. The van der Waals surface area contributed by atoms with Gasteiger partial charge in [-0.15, -0.1) is 23.7 Å². The van der Waals surface area contributed by atoms with E-state index >= 15 is 0 Å². The van der Waals surface area contributed by atoms with E-state index in [2.05, 4.69) is 25.0 Å². The van der Waals surface area contributed by atoms with Gasteiger partial charge in [0.25, 0.3) is 5.91 Å². The van der Waals surface area contributed by atoms with Crippen LogP contribution in [0.2, 0.25) is 0 Å². The van der Waals surface area contributed by atoms with Crippen molar-refractivity contribution < 1.29 is 19.1 Å². The highest BCUT2D eigenvalue weighted by atomic mass is 35.5. The number of hydrogen-bond donors (Lipinski definition) is 1. The first-order chi connectivity index (χ1) is 17.2. The van der Waals surface area contributed by atoms with Crippen molar-refractivity contribution in [3.05, 3.63) is 35.3 Å². The second-order valence-corrected chi connectivity index (χ2v) is 9.68. The Bertz CT molecular complexity index is 1020. The molecule has 0 aliphatic carbocycles. The number of piperazine rings is 1. The van der Waals surface area contributed by atoms with E-state index in [1.54, 1.807) is 0 Å². The lowest BCUT2D eigenvalue weighted by Gasteiger charge is -2.37. The summed E-state index contributed by atoms with van der Waals surface area (Å²) in [5.74, 6) is -0.0305. The molecule has 1 N–H and O–H groups in total. The maximum atomic E-state index is 13.0. The Morgan fingerprint density at radius 1 is 0.889 bits per heavy atom. The lowest BCUT2D eigenvalue weighted by molar-refractivity contribution is -0.136. The van der Waals surface area contributed by atoms with Crippen LogP contribution in [0.4, 0.5) is 16.5 Å². The Morgan fingerprint density at radius 2 is 1.56 bits per heavy atom. The van der Waals surface area contributed by atoms with Crippen LogP contribution in [0.5, 0.6) is 0 Å². The van der Waals surface area contributed by atoms with E-state index < -0.39 is 0 Å². The number of rotatable bonds is 6. The van der Waals surface area contributed by atoms with Gasteiger partial charge in [-0.3, -0.25) is 14.5 Å². The number of amides is 2.